The summed E-state index contributed by atoms with van der Waals surface area (Å²) in [6.45, 7) is 13.0. The third-order valence-electron chi connectivity index (χ3n) is 5.50. The second-order valence-electron chi connectivity index (χ2n) is 8.51. The van der Waals surface area contributed by atoms with Crippen molar-refractivity contribution in [1.29, 1.82) is 0 Å². The topological polar surface area (TPSA) is 0 Å². The van der Waals surface area contributed by atoms with E-state index in [1.807, 2.05) is 0 Å². The molecule has 3 heteroatoms. The van der Waals surface area contributed by atoms with E-state index in [4.69, 9.17) is 0 Å². The summed E-state index contributed by atoms with van der Waals surface area (Å²) in [6, 6.07) is 8.99. The minimum atomic E-state index is -2.26. The molecule has 0 aliphatic carbocycles. The SMILES string of the molecule is CCc1cc(CC)c([Si](F)c2c(CC)cc(CC)cc2CC)c(CC)c1.[CH3][Sn]([CH3])[CH3]. The van der Waals surface area contributed by atoms with E-state index >= 15 is 4.11 Å². The van der Waals surface area contributed by atoms with Gasteiger partial charge < -0.3 is 4.11 Å². The minimum absolute atomic E-state index is 0.543. The molecule has 166 valence electrons. The second kappa shape index (κ2) is 13.7. The molecule has 0 saturated heterocycles. The summed E-state index contributed by atoms with van der Waals surface area (Å²) >= 11 is -0.543. The van der Waals surface area contributed by atoms with E-state index in [2.05, 4.69) is 80.6 Å². The molecule has 0 unspecified atom stereocenters. The van der Waals surface area contributed by atoms with E-state index in [1.54, 1.807) is 0 Å². The first-order valence-electron chi connectivity index (χ1n) is 11.9. The van der Waals surface area contributed by atoms with Gasteiger partial charge in [0.05, 0.1) is 0 Å². The first kappa shape index (κ1) is 27.4. The van der Waals surface area contributed by atoms with Crippen molar-refractivity contribution in [2.24, 2.45) is 0 Å². The van der Waals surface area contributed by atoms with Gasteiger partial charge in [-0.05, 0) is 82.3 Å². The number of aryl methyl sites for hydroxylation is 6. The zero-order valence-corrected chi connectivity index (χ0v) is 24.8. The molecule has 0 nitrogen and oxygen atoms in total. The third-order valence-corrected chi connectivity index (χ3v) is 7.66. The molecular formula is C27H43FSiSn. The molecule has 0 spiro atoms. The zero-order chi connectivity index (χ0) is 22.8. The predicted molar refractivity (Wildman–Crippen MR) is 139 cm³/mol. The van der Waals surface area contributed by atoms with Crippen molar-refractivity contribution in [3.8, 4) is 0 Å². The first-order valence-corrected chi connectivity index (χ1v) is 21.8. The van der Waals surface area contributed by atoms with Crippen LogP contribution in [0.2, 0.25) is 14.8 Å². The third kappa shape index (κ3) is 7.22. The molecule has 0 aromatic heterocycles. The van der Waals surface area contributed by atoms with Crippen LogP contribution in [0.15, 0.2) is 24.3 Å². The van der Waals surface area contributed by atoms with Crippen LogP contribution in [0.3, 0.4) is 0 Å². The Morgan fingerprint density at radius 3 is 0.967 bits per heavy atom. The van der Waals surface area contributed by atoms with E-state index in [0.717, 1.165) is 48.9 Å². The van der Waals surface area contributed by atoms with Crippen molar-refractivity contribution >= 4 is 39.3 Å². The van der Waals surface area contributed by atoms with Crippen LogP contribution in [0.1, 0.15) is 74.9 Å². The Labute approximate surface area is 195 Å². The Kier molecular flexibility index (Phi) is 12.5. The average molecular weight is 533 g/mol. The molecule has 0 heterocycles. The molecule has 0 bridgehead atoms. The summed E-state index contributed by atoms with van der Waals surface area (Å²) in [5, 5.41) is 2.07. The van der Waals surface area contributed by atoms with Gasteiger partial charge in [-0.3, -0.25) is 0 Å². The van der Waals surface area contributed by atoms with Crippen LogP contribution in [-0.2, 0) is 38.5 Å². The van der Waals surface area contributed by atoms with Crippen LogP contribution >= 0.6 is 0 Å². The van der Waals surface area contributed by atoms with Crippen molar-refractivity contribution in [2.75, 3.05) is 0 Å². The Morgan fingerprint density at radius 2 is 0.800 bits per heavy atom. The Bertz CT molecular complexity index is 681. The number of benzene rings is 2. The molecule has 0 aliphatic rings. The van der Waals surface area contributed by atoms with E-state index in [9.17, 15) is 0 Å². The average Bonchev–Trinajstić information content (AvgIpc) is 2.75. The molecule has 2 aromatic rings. The maximum atomic E-state index is 16.2. The fourth-order valence-corrected chi connectivity index (χ4v) is 6.27. The summed E-state index contributed by atoms with van der Waals surface area (Å²) in [6.07, 6.45) is 5.66. The van der Waals surface area contributed by atoms with Gasteiger partial charge >= 0.3 is 43.7 Å². The fraction of sp³-hybridized carbons (Fsp3) is 0.556. The monoisotopic (exact) mass is 534 g/mol. The molecular weight excluding hydrogens is 490 g/mol. The van der Waals surface area contributed by atoms with E-state index in [0.29, 0.717) is 0 Å². The standard InChI is InChI=1S/C24H34FSi.3CH3.Sn/c1-7-17-13-19(9-3)23(20(10-4)14-17)26(25)24-21(11-5)15-18(8-2)16-22(24)12-6;;;;/h13-16H,7-12H2,1-6H3;3*1H3;. The van der Waals surface area contributed by atoms with Crippen LogP contribution in [0, 0.1) is 0 Å². The van der Waals surface area contributed by atoms with Crippen LogP contribution in [0.4, 0.5) is 4.11 Å². The normalized spacial score (nSPS) is 11.1. The van der Waals surface area contributed by atoms with Gasteiger partial charge in [-0.1, -0.05) is 65.8 Å². The predicted octanol–water partition coefficient (Wildman–Crippen LogP) is 6.51. The molecule has 0 atom stereocenters. The molecule has 0 N–H and O–H groups in total. The van der Waals surface area contributed by atoms with Crippen molar-refractivity contribution in [3.05, 3.63) is 57.6 Å². The fourth-order valence-electron chi connectivity index (χ4n) is 3.89. The van der Waals surface area contributed by atoms with Crippen LogP contribution < -0.4 is 10.4 Å². The number of hydrogen-bond acceptors (Lipinski definition) is 0. The quantitative estimate of drug-likeness (QED) is 0.268. The maximum absolute atomic E-state index is 16.2. The summed E-state index contributed by atoms with van der Waals surface area (Å²) in [7, 11) is -2.26. The van der Waals surface area contributed by atoms with Gasteiger partial charge in [-0.15, -0.1) is 0 Å². The Hall–Kier alpha value is -0.614. The molecule has 2 rings (SSSR count). The van der Waals surface area contributed by atoms with Gasteiger partial charge in [-0.2, -0.15) is 0 Å². The van der Waals surface area contributed by atoms with Crippen molar-refractivity contribution in [1.82, 2.24) is 0 Å². The van der Waals surface area contributed by atoms with E-state index < -0.39 is 28.9 Å². The molecule has 2 radical (unpaired) electrons. The van der Waals surface area contributed by atoms with Gasteiger partial charge in [0, 0.05) is 0 Å². The number of rotatable bonds is 8. The first-order chi connectivity index (χ1) is 14.3. The van der Waals surface area contributed by atoms with Gasteiger partial charge in [0.15, 0.2) is 0 Å². The van der Waals surface area contributed by atoms with Crippen molar-refractivity contribution in [3.63, 3.8) is 0 Å². The van der Waals surface area contributed by atoms with E-state index in [1.165, 1.54) is 33.4 Å². The Morgan fingerprint density at radius 1 is 0.567 bits per heavy atom. The van der Waals surface area contributed by atoms with Gasteiger partial charge in [-0.25, -0.2) is 0 Å². The molecule has 30 heavy (non-hydrogen) atoms. The van der Waals surface area contributed by atoms with Crippen LogP contribution in [-0.4, -0.2) is 28.9 Å². The summed E-state index contributed by atoms with van der Waals surface area (Å²) in [5.74, 6) is 0. The van der Waals surface area contributed by atoms with Gasteiger partial charge in [0.2, 0.25) is 0 Å². The zero-order valence-electron chi connectivity index (χ0n) is 20.9. The van der Waals surface area contributed by atoms with Gasteiger partial charge in [0.25, 0.3) is 0 Å². The molecule has 0 aliphatic heterocycles. The summed E-state index contributed by atoms with van der Waals surface area (Å²) in [5.41, 5.74) is 7.57. The summed E-state index contributed by atoms with van der Waals surface area (Å²) in [4.78, 5) is 7.09. The van der Waals surface area contributed by atoms with Crippen molar-refractivity contribution in [2.45, 2.75) is 94.9 Å². The number of hydrogen-bond donors (Lipinski definition) is 0. The van der Waals surface area contributed by atoms with Crippen LogP contribution in [0.5, 0.6) is 0 Å². The van der Waals surface area contributed by atoms with Gasteiger partial charge in [0.1, 0.15) is 0 Å². The number of halogens is 1. The van der Waals surface area contributed by atoms with Crippen molar-refractivity contribution < 1.29 is 4.11 Å². The van der Waals surface area contributed by atoms with Crippen LogP contribution in [0.25, 0.3) is 0 Å². The Balaban J connectivity index is 0.00000103. The van der Waals surface area contributed by atoms with E-state index in [-0.39, 0.29) is 0 Å². The molecule has 2 aromatic carbocycles. The summed E-state index contributed by atoms with van der Waals surface area (Å²) < 4.78 is 16.2. The second-order valence-corrected chi connectivity index (χ2v) is 18.7. The molecule has 0 fully saturated rings. The molecule has 0 saturated carbocycles. The molecule has 0 amide bonds.